The topological polar surface area (TPSA) is 100 Å². The molecule has 26 heavy (non-hydrogen) atoms. The second kappa shape index (κ2) is 6.69. The summed E-state index contributed by atoms with van der Waals surface area (Å²) in [6, 6.07) is 5.43. The van der Waals surface area contributed by atoms with Gasteiger partial charge in [-0.1, -0.05) is 6.07 Å². The van der Waals surface area contributed by atoms with E-state index >= 15 is 0 Å². The molecular weight excluding hydrogens is 360 g/mol. The molecule has 1 aromatic rings. The molecule has 4 rings (SSSR count). The third-order valence-corrected chi connectivity index (χ3v) is 6.32. The summed E-state index contributed by atoms with van der Waals surface area (Å²) in [4.78, 5) is 14.5. The summed E-state index contributed by atoms with van der Waals surface area (Å²) in [6.07, 6.45) is 1.81. The fraction of sp³-hybridized carbons (Fsp3) is 0.562. The first-order chi connectivity index (χ1) is 12.4. The lowest BCUT2D eigenvalue weighted by Gasteiger charge is -2.34. The fourth-order valence-corrected chi connectivity index (χ4v) is 4.35. The minimum Gasteiger partial charge on any atom is -0.454 e. The Kier molecular flexibility index (Phi) is 4.51. The fourth-order valence-electron chi connectivity index (χ4n) is 3.53. The molecule has 3 aliphatic rings. The predicted octanol–water partition coefficient (Wildman–Crippen LogP) is -0.573. The molecule has 0 aliphatic carbocycles. The Balaban J connectivity index is 1.36. The minimum atomic E-state index is -3.20. The van der Waals surface area contributed by atoms with Crippen molar-refractivity contribution in [3.63, 3.8) is 0 Å². The van der Waals surface area contributed by atoms with E-state index in [1.54, 1.807) is 4.90 Å². The normalized spacial score (nSPS) is 26.3. The highest BCUT2D eigenvalue weighted by atomic mass is 32.2. The van der Waals surface area contributed by atoms with E-state index < -0.39 is 10.0 Å². The maximum absolute atomic E-state index is 12.7. The maximum atomic E-state index is 12.7. The average molecular weight is 382 g/mol. The van der Waals surface area contributed by atoms with E-state index in [2.05, 4.69) is 10.9 Å². The summed E-state index contributed by atoms with van der Waals surface area (Å²) in [5.74, 6) is 1.45. The van der Waals surface area contributed by atoms with Crippen LogP contribution in [0, 0.1) is 0 Å². The van der Waals surface area contributed by atoms with E-state index in [1.807, 2.05) is 18.2 Å². The molecule has 3 aliphatic heterocycles. The summed E-state index contributed by atoms with van der Waals surface area (Å²) in [6.45, 7) is 1.75. The highest BCUT2D eigenvalue weighted by molar-refractivity contribution is 7.88. The van der Waals surface area contributed by atoms with Crippen LogP contribution in [0.15, 0.2) is 18.2 Å². The van der Waals surface area contributed by atoms with Gasteiger partial charge in [0.1, 0.15) is 6.04 Å². The van der Waals surface area contributed by atoms with Crippen molar-refractivity contribution in [3.05, 3.63) is 23.8 Å². The van der Waals surface area contributed by atoms with Crippen LogP contribution in [-0.4, -0.2) is 68.8 Å². The predicted molar refractivity (Wildman–Crippen MR) is 93.0 cm³/mol. The Morgan fingerprint density at radius 3 is 2.58 bits per heavy atom. The van der Waals surface area contributed by atoms with Gasteiger partial charge in [-0.15, -0.1) is 0 Å². The van der Waals surface area contributed by atoms with Crippen LogP contribution < -0.4 is 20.3 Å². The SMILES string of the molecule is CS(=O)(=O)N1CCN(C(=O)C2CC(c3ccc4c(c3)OCO4)NN2)CC1. The largest absolute Gasteiger partial charge is 0.454 e. The number of carbonyl (C=O) groups excluding carboxylic acids is 1. The molecule has 2 saturated heterocycles. The number of rotatable bonds is 3. The molecule has 0 aromatic heterocycles. The maximum Gasteiger partial charge on any atom is 0.241 e. The number of carbonyl (C=O) groups is 1. The number of benzene rings is 1. The number of hydrogen-bond acceptors (Lipinski definition) is 7. The van der Waals surface area contributed by atoms with Crippen LogP contribution in [0.1, 0.15) is 18.0 Å². The van der Waals surface area contributed by atoms with Gasteiger partial charge in [-0.25, -0.2) is 19.3 Å². The van der Waals surface area contributed by atoms with E-state index in [1.165, 1.54) is 10.6 Å². The van der Waals surface area contributed by atoms with Crippen LogP contribution >= 0.6 is 0 Å². The molecule has 0 saturated carbocycles. The Morgan fingerprint density at radius 1 is 1.12 bits per heavy atom. The van der Waals surface area contributed by atoms with E-state index in [4.69, 9.17) is 9.47 Å². The molecule has 10 heteroatoms. The molecular formula is C16H22N4O5S. The van der Waals surface area contributed by atoms with Crippen molar-refractivity contribution in [2.45, 2.75) is 18.5 Å². The van der Waals surface area contributed by atoms with Gasteiger partial charge in [0, 0.05) is 32.2 Å². The Labute approximate surface area is 152 Å². The Hall–Kier alpha value is -1.88. The van der Waals surface area contributed by atoms with Crippen molar-refractivity contribution < 1.29 is 22.7 Å². The molecule has 9 nitrogen and oxygen atoms in total. The number of hydrogen-bond donors (Lipinski definition) is 2. The van der Waals surface area contributed by atoms with Crippen LogP contribution in [0.5, 0.6) is 11.5 Å². The smallest absolute Gasteiger partial charge is 0.241 e. The first kappa shape index (κ1) is 17.5. The molecule has 142 valence electrons. The zero-order chi connectivity index (χ0) is 18.3. The molecule has 3 heterocycles. The third kappa shape index (κ3) is 3.37. The Bertz CT molecular complexity index is 807. The van der Waals surface area contributed by atoms with Gasteiger partial charge in [0.2, 0.25) is 22.7 Å². The number of amides is 1. The van der Waals surface area contributed by atoms with Gasteiger partial charge in [0.15, 0.2) is 11.5 Å². The van der Waals surface area contributed by atoms with Crippen LogP contribution in [0.2, 0.25) is 0 Å². The third-order valence-electron chi connectivity index (χ3n) is 5.02. The summed E-state index contributed by atoms with van der Waals surface area (Å²) >= 11 is 0. The number of piperazine rings is 1. The van der Waals surface area contributed by atoms with Gasteiger partial charge >= 0.3 is 0 Å². The van der Waals surface area contributed by atoms with Crippen LogP contribution in [0.4, 0.5) is 0 Å². The first-order valence-electron chi connectivity index (χ1n) is 8.56. The van der Waals surface area contributed by atoms with Gasteiger partial charge in [-0.05, 0) is 24.1 Å². The van der Waals surface area contributed by atoms with Gasteiger partial charge in [-0.2, -0.15) is 4.31 Å². The molecule has 0 spiro atoms. The number of fused-ring (bicyclic) bond motifs is 1. The van der Waals surface area contributed by atoms with Crippen molar-refractivity contribution >= 4 is 15.9 Å². The summed E-state index contributed by atoms with van der Waals surface area (Å²) in [5, 5.41) is 0. The molecule has 0 bridgehead atoms. The second-order valence-corrected chi connectivity index (χ2v) is 8.71. The minimum absolute atomic E-state index is 0.00393. The molecule has 1 amide bonds. The molecule has 2 fully saturated rings. The van der Waals surface area contributed by atoms with Crippen molar-refractivity contribution in [1.82, 2.24) is 20.1 Å². The van der Waals surface area contributed by atoms with Gasteiger partial charge in [-0.3, -0.25) is 4.79 Å². The quantitative estimate of drug-likeness (QED) is 0.722. The number of nitrogens with zero attached hydrogens (tertiary/aromatic N) is 2. The summed E-state index contributed by atoms with van der Waals surface area (Å²) < 4.78 is 35.3. The summed E-state index contributed by atoms with van der Waals surface area (Å²) in [5.41, 5.74) is 7.26. The lowest BCUT2D eigenvalue weighted by atomic mass is 10.0. The first-order valence-corrected chi connectivity index (χ1v) is 10.4. The average Bonchev–Trinajstić information content (AvgIpc) is 3.29. The van der Waals surface area contributed by atoms with Crippen molar-refractivity contribution in [3.8, 4) is 11.5 Å². The summed E-state index contributed by atoms with van der Waals surface area (Å²) in [7, 11) is -3.20. The molecule has 0 radical (unpaired) electrons. The van der Waals surface area contributed by atoms with Gasteiger partial charge in [0.05, 0.1) is 6.26 Å². The lowest BCUT2D eigenvalue weighted by Crippen LogP contribution is -2.54. The Morgan fingerprint density at radius 2 is 1.85 bits per heavy atom. The van der Waals surface area contributed by atoms with Crippen LogP contribution in [0.25, 0.3) is 0 Å². The molecule has 2 atom stereocenters. The molecule has 2 unspecified atom stereocenters. The molecule has 2 N–H and O–H groups in total. The van der Waals surface area contributed by atoms with Crippen LogP contribution in [-0.2, 0) is 14.8 Å². The zero-order valence-electron chi connectivity index (χ0n) is 14.5. The second-order valence-electron chi connectivity index (χ2n) is 6.73. The number of sulfonamides is 1. The highest BCUT2D eigenvalue weighted by Gasteiger charge is 2.35. The van der Waals surface area contributed by atoms with Gasteiger partial charge in [0.25, 0.3) is 0 Å². The van der Waals surface area contributed by atoms with E-state index in [-0.39, 0.29) is 24.8 Å². The monoisotopic (exact) mass is 382 g/mol. The van der Waals surface area contributed by atoms with Crippen molar-refractivity contribution in [1.29, 1.82) is 0 Å². The lowest BCUT2D eigenvalue weighted by molar-refractivity contribution is -0.134. The van der Waals surface area contributed by atoms with Crippen LogP contribution in [0.3, 0.4) is 0 Å². The van der Waals surface area contributed by atoms with E-state index in [0.717, 1.165) is 17.1 Å². The highest BCUT2D eigenvalue weighted by Crippen LogP contribution is 2.35. The number of hydrazine groups is 1. The van der Waals surface area contributed by atoms with Gasteiger partial charge < -0.3 is 14.4 Å². The zero-order valence-corrected chi connectivity index (χ0v) is 15.3. The van der Waals surface area contributed by atoms with E-state index in [9.17, 15) is 13.2 Å². The molecule has 1 aromatic carbocycles. The van der Waals surface area contributed by atoms with Crippen molar-refractivity contribution in [2.75, 3.05) is 39.2 Å². The standard InChI is InChI=1S/C16H22N4O5S/c1-26(22,23)20-6-4-19(5-7-20)16(21)13-9-12(17-18-13)11-2-3-14-15(8-11)25-10-24-14/h2-3,8,12-13,17-18H,4-7,9-10H2,1H3. The van der Waals surface area contributed by atoms with E-state index in [0.29, 0.717) is 32.6 Å². The number of nitrogens with one attached hydrogen (secondary N) is 2. The van der Waals surface area contributed by atoms with Crippen molar-refractivity contribution in [2.24, 2.45) is 0 Å². The number of ether oxygens (including phenoxy) is 2.